The van der Waals surface area contributed by atoms with Gasteiger partial charge in [-0.1, -0.05) is 39.3 Å². The van der Waals surface area contributed by atoms with Gasteiger partial charge in [0.2, 0.25) is 0 Å². The first kappa shape index (κ1) is 19.8. The maximum Gasteiger partial charge on any atom is 0.338 e. The third-order valence-electron chi connectivity index (χ3n) is 3.95. The summed E-state index contributed by atoms with van der Waals surface area (Å²) in [6.45, 7) is 8.86. The molecule has 142 valence electrons. The molecule has 1 heterocycles. The van der Waals surface area contributed by atoms with E-state index >= 15 is 0 Å². The highest BCUT2D eigenvalue weighted by atomic mass is 16.5. The minimum Gasteiger partial charge on any atom is -0.493 e. The Kier molecular flexibility index (Phi) is 7.06. The smallest absolute Gasteiger partial charge is 0.338 e. The molecular weight excluding hydrogens is 332 g/mol. The second-order valence-corrected chi connectivity index (χ2v) is 6.67. The molecule has 0 aromatic heterocycles. The van der Waals surface area contributed by atoms with Crippen LogP contribution in [0, 0.1) is 5.92 Å². The Labute approximate surface area is 154 Å². The molecule has 1 aliphatic rings. The van der Waals surface area contributed by atoms with Crippen molar-refractivity contribution in [2.24, 2.45) is 5.92 Å². The number of carbonyl (C=O) groups is 2. The van der Waals surface area contributed by atoms with Crippen molar-refractivity contribution in [2.75, 3.05) is 13.2 Å². The van der Waals surface area contributed by atoms with Crippen molar-refractivity contribution < 1.29 is 19.1 Å². The molecule has 0 saturated heterocycles. The zero-order chi connectivity index (χ0) is 19.1. The first-order chi connectivity index (χ1) is 12.5. The van der Waals surface area contributed by atoms with Gasteiger partial charge in [0.05, 0.1) is 24.8 Å². The van der Waals surface area contributed by atoms with Crippen molar-refractivity contribution in [1.29, 1.82) is 0 Å². The Bertz CT molecular complexity index is 665. The van der Waals surface area contributed by atoms with E-state index in [0.29, 0.717) is 30.2 Å². The maximum absolute atomic E-state index is 12.5. The third kappa shape index (κ3) is 5.00. The Morgan fingerprint density at radius 1 is 1.19 bits per heavy atom. The lowest BCUT2D eigenvalue weighted by atomic mass is 9.94. The van der Waals surface area contributed by atoms with Gasteiger partial charge in [-0.15, -0.1) is 0 Å². The van der Waals surface area contributed by atoms with Crippen LogP contribution in [0.3, 0.4) is 0 Å². The van der Waals surface area contributed by atoms with Crippen LogP contribution in [0.25, 0.3) is 0 Å². The summed E-state index contributed by atoms with van der Waals surface area (Å²) in [4.78, 5) is 24.6. The van der Waals surface area contributed by atoms with Crippen molar-refractivity contribution in [3.63, 3.8) is 0 Å². The van der Waals surface area contributed by atoms with E-state index in [2.05, 4.69) is 24.5 Å². The molecule has 2 rings (SSSR count). The average Bonchev–Trinajstić information content (AvgIpc) is 2.60. The van der Waals surface area contributed by atoms with Crippen molar-refractivity contribution in [3.8, 4) is 5.75 Å². The predicted molar refractivity (Wildman–Crippen MR) is 99.8 cm³/mol. The zero-order valence-corrected chi connectivity index (χ0v) is 15.9. The summed E-state index contributed by atoms with van der Waals surface area (Å²) in [6.07, 6.45) is 1.42. The molecule has 2 amide bonds. The Balaban J connectivity index is 2.32. The largest absolute Gasteiger partial charge is 0.493 e. The standard InChI is InChI=1S/C20H28N2O4/c1-5-7-16-17(19(23)25-6-2)18(22-20(24)21-16)14-8-10-15(11-9-14)26-12-13(3)4/h8-11,13,18H,5-7,12H2,1-4H3,(H2,21,22,24). The average molecular weight is 360 g/mol. The van der Waals surface area contributed by atoms with Crippen LogP contribution in [0.1, 0.15) is 52.1 Å². The van der Waals surface area contributed by atoms with Gasteiger partial charge in [0.1, 0.15) is 5.75 Å². The summed E-state index contributed by atoms with van der Waals surface area (Å²) in [5.41, 5.74) is 1.90. The molecule has 0 fully saturated rings. The number of carbonyl (C=O) groups excluding carboxylic acids is 2. The van der Waals surface area contributed by atoms with E-state index in [1.54, 1.807) is 6.92 Å². The lowest BCUT2D eigenvalue weighted by Crippen LogP contribution is -2.46. The van der Waals surface area contributed by atoms with Crippen LogP contribution in [-0.2, 0) is 9.53 Å². The van der Waals surface area contributed by atoms with Crippen LogP contribution in [0.2, 0.25) is 0 Å². The van der Waals surface area contributed by atoms with Crippen molar-refractivity contribution in [3.05, 3.63) is 41.1 Å². The molecule has 0 radical (unpaired) electrons. The van der Waals surface area contributed by atoms with Crippen LogP contribution in [0.4, 0.5) is 4.79 Å². The van der Waals surface area contributed by atoms with E-state index in [-0.39, 0.29) is 12.6 Å². The molecule has 1 aromatic carbocycles. The Hall–Kier alpha value is -2.50. The van der Waals surface area contributed by atoms with Gasteiger partial charge >= 0.3 is 12.0 Å². The molecule has 2 N–H and O–H groups in total. The molecule has 26 heavy (non-hydrogen) atoms. The fourth-order valence-corrected chi connectivity index (χ4v) is 2.78. The second kappa shape index (κ2) is 9.27. The van der Waals surface area contributed by atoms with Gasteiger partial charge in [0.15, 0.2) is 0 Å². The number of benzene rings is 1. The van der Waals surface area contributed by atoms with E-state index in [1.807, 2.05) is 31.2 Å². The van der Waals surface area contributed by atoms with Crippen LogP contribution in [0.15, 0.2) is 35.5 Å². The quantitative estimate of drug-likeness (QED) is 0.693. The highest BCUT2D eigenvalue weighted by Gasteiger charge is 2.33. The van der Waals surface area contributed by atoms with Crippen LogP contribution < -0.4 is 15.4 Å². The number of nitrogens with one attached hydrogen (secondary N) is 2. The number of amides is 2. The first-order valence-electron chi connectivity index (χ1n) is 9.16. The molecule has 6 nitrogen and oxygen atoms in total. The van der Waals surface area contributed by atoms with Crippen molar-refractivity contribution >= 4 is 12.0 Å². The number of urea groups is 1. The summed E-state index contributed by atoms with van der Waals surface area (Å²) in [6, 6.07) is 6.60. The molecule has 0 saturated carbocycles. The fraction of sp³-hybridized carbons (Fsp3) is 0.500. The van der Waals surface area contributed by atoms with E-state index in [1.165, 1.54) is 0 Å². The van der Waals surface area contributed by atoms with Crippen molar-refractivity contribution in [1.82, 2.24) is 10.6 Å². The molecule has 1 aliphatic heterocycles. The van der Waals surface area contributed by atoms with Crippen molar-refractivity contribution in [2.45, 2.75) is 46.6 Å². The maximum atomic E-state index is 12.5. The lowest BCUT2D eigenvalue weighted by molar-refractivity contribution is -0.139. The normalized spacial score (nSPS) is 17.0. The van der Waals surface area contributed by atoms with E-state index in [4.69, 9.17) is 9.47 Å². The predicted octanol–water partition coefficient (Wildman–Crippen LogP) is 3.69. The Morgan fingerprint density at radius 3 is 2.46 bits per heavy atom. The first-order valence-corrected chi connectivity index (χ1v) is 9.16. The summed E-state index contributed by atoms with van der Waals surface area (Å²) in [7, 11) is 0. The SMILES string of the molecule is CCCC1=C(C(=O)OCC)C(c2ccc(OCC(C)C)cc2)NC(=O)N1. The minimum atomic E-state index is -0.538. The molecular formula is C20H28N2O4. The molecule has 6 heteroatoms. The minimum absolute atomic E-state index is 0.282. The molecule has 1 aromatic rings. The van der Waals surface area contributed by atoms with E-state index < -0.39 is 12.0 Å². The highest BCUT2D eigenvalue weighted by Crippen LogP contribution is 2.30. The topological polar surface area (TPSA) is 76.7 Å². The van der Waals surface area contributed by atoms with E-state index in [0.717, 1.165) is 17.7 Å². The number of hydrogen-bond acceptors (Lipinski definition) is 4. The summed E-state index contributed by atoms with van der Waals surface area (Å²) in [5.74, 6) is 0.792. The number of allylic oxidation sites excluding steroid dienone is 1. The van der Waals surface area contributed by atoms with Crippen LogP contribution in [-0.4, -0.2) is 25.2 Å². The summed E-state index contributed by atoms with van der Waals surface area (Å²) >= 11 is 0. The molecule has 0 bridgehead atoms. The summed E-state index contributed by atoms with van der Waals surface area (Å²) < 4.78 is 10.9. The molecule has 1 atom stereocenters. The van der Waals surface area contributed by atoms with Crippen LogP contribution in [0.5, 0.6) is 5.75 Å². The highest BCUT2D eigenvalue weighted by molar-refractivity contribution is 5.95. The van der Waals surface area contributed by atoms with E-state index in [9.17, 15) is 9.59 Å². The number of hydrogen-bond donors (Lipinski definition) is 2. The third-order valence-corrected chi connectivity index (χ3v) is 3.95. The number of rotatable bonds is 8. The van der Waals surface area contributed by atoms with Gasteiger partial charge in [-0.05, 0) is 37.0 Å². The monoisotopic (exact) mass is 360 g/mol. The van der Waals surface area contributed by atoms with Gasteiger partial charge in [0.25, 0.3) is 0 Å². The van der Waals surface area contributed by atoms with Gasteiger partial charge in [-0.3, -0.25) is 0 Å². The van der Waals surface area contributed by atoms with Gasteiger partial charge in [0, 0.05) is 5.70 Å². The second-order valence-electron chi connectivity index (χ2n) is 6.67. The number of esters is 1. The molecule has 0 spiro atoms. The number of ether oxygens (including phenoxy) is 2. The van der Waals surface area contributed by atoms with Gasteiger partial charge in [-0.2, -0.15) is 0 Å². The van der Waals surface area contributed by atoms with Crippen LogP contribution >= 0.6 is 0 Å². The fourth-order valence-electron chi connectivity index (χ4n) is 2.78. The lowest BCUT2D eigenvalue weighted by Gasteiger charge is -2.29. The summed E-state index contributed by atoms with van der Waals surface area (Å²) in [5, 5.41) is 5.59. The molecule has 1 unspecified atom stereocenters. The Morgan fingerprint density at radius 2 is 1.88 bits per heavy atom. The zero-order valence-electron chi connectivity index (χ0n) is 15.9. The molecule has 0 aliphatic carbocycles. The van der Waals surface area contributed by atoms with Gasteiger partial charge < -0.3 is 20.1 Å². The van der Waals surface area contributed by atoms with Gasteiger partial charge in [-0.25, -0.2) is 9.59 Å².